The number of carbonyl (C=O) groups is 2. The fraction of sp³-hybridized carbons (Fsp3) is 0.323. The van der Waals surface area contributed by atoms with Gasteiger partial charge in [0.25, 0.3) is 11.6 Å². The van der Waals surface area contributed by atoms with Gasteiger partial charge >= 0.3 is 5.97 Å². The molecule has 1 unspecified atom stereocenters. The number of imidazole rings is 1. The highest BCUT2D eigenvalue weighted by atomic mass is 35.5. The normalized spacial score (nSPS) is 12.3. The van der Waals surface area contributed by atoms with Crippen molar-refractivity contribution in [2.24, 2.45) is 27.5 Å². The summed E-state index contributed by atoms with van der Waals surface area (Å²) < 4.78 is 4.55. The van der Waals surface area contributed by atoms with Crippen LogP contribution in [0.5, 0.6) is 0 Å². The number of amides is 1. The van der Waals surface area contributed by atoms with E-state index in [0.717, 1.165) is 61.6 Å². The van der Waals surface area contributed by atoms with Crippen molar-refractivity contribution in [3.63, 3.8) is 0 Å². The minimum Gasteiger partial charge on any atom is -0.481 e. The zero-order chi connectivity index (χ0) is 61.4. The van der Waals surface area contributed by atoms with Gasteiger partial charge in [0.05, 0.1) is 39.7 Å². The van der Waals surface area contributed by atoms with Gasteiger partial charge in [0.1, 0.15) is 29.0 Å². The minimum atomic E-state index is -1.35. The number of nitrogens with zero attached hydrogens (tertiary/aromatic N) is 16. The monoisotopic (exact) mass is 1180 g/mol. The van der Waals surface area contributed by atoms with Crippen LogP contribution in [-0.2, 0) is 27.5 Å². The number of hydrogen-bond acceptors (Lipinski definition) is 16. The molecule has 0 spiro atoms. The Morgan fingerprint density at radius 1 is 0.800 bits per heavy atom. The zero-order valence-electron chi connectivity index (χ0n) is 49.9. The number of hydrogen-bond donors (Lipinski definition) is 3. The van der Waals surface area contributed by atoms with Crippen LogP contribution in [0.3, 0.4) is 0 Å². The molecule has 5 aromatic heterocycles. The predicted molar refractivity (Wildman–Crippen MR) is 332 cm³/mol. The van der Waals surface area contributed by atoms with E-state index in [1.165, 1.54) is 9.36 Å². The summed E-state index contributed by atoms with van der Waals surface area (Å²) in [6.07, 6.45) is 0.317. The topological polar surface area (TPSA) is 251 Å². The van der Waals surface area contributed by atoms with Crippen LogP contribution in [0.4, 0.5) is 51.7 Å². The molecular formula is C62H65ClN18O3S. The first-order valence-electron chi connectivity index (χ1n) is 27.4. The fourth-order valence-corrected chi connectivity index (χ4v) is 11.2. The molecule has 4 aromatic carbocycles. The molecule has 23 heteroatoms. The number of para-hydroxylation sites is 3. The number of benzene rings is 4. The second-order valence-corrected chi connectivity index (χ2v) is 24.4. The Morgan fingerprint density at radius 2 is 1.40 bits per heavy atom. The van der Waals surface area contributed by atoms with Crippen LogP contribution in [-0.4, -0.2) is 67.8 Å². The smallest absolute Gasteiger partial charge is 0.303 e. The largest absolute Gasteiger partial charge is 0.481 e. The SMILES string of the molecule is [C-]#[N+]c1c(C(C)(C)C)nn(-c2nnc(-n3nc(C(C)(C)C)c(C#N)c3N=Nc3c(C)cc(N(CCCC(=O)O)c4c(C)cc(C)cc4C)nc3Nc3c(C)cc(C)cc3C)s2)c1N=NC(C(=O)Nc1ccccc1Cl)c1nc2ccccc2n1C. The molecule has 0 aliphatic rings. The summed E-state index contributed by atoms with van der Waals surface area (Å²) in [7, 11) is 1.78. The lowest BCUT2D eigenvalue weighted by Crippen LogP contribution is -2.23. The molecule has 0 saturated carbocycles. The van der Waals surface area contributed by atoms with Gasteiger partial charge in [-0.05, 0) is 118 Å². The van der Waals surface area contributed by atoms with E-state index in [2.05, 4.69) is 71.1 Å². The van der Waals surface area contributed by atoms with E-state index < -0.39 is 28.7 Å². The molecule has 0 aliphatic heterocycles. The number of halogens is 1. The van der Waals surface area contributed by atoms with E-state index in [4.69, 9.17) is 48.6 Å². The summed E-state index contributed by atoms with van der Waals surface area (Å²) in [4.78, 5) is 42.4. The molecule has 9 aromatic rings. The third-order valence-corrected chi connectivity index (χ3v) is 15.3. The van der Waals surface area contributed by atoms with Gasteiger partial charge in [-0.25, -0.2) is 14.8 Å². The van der Waals surface area contributed by atoms with Crippen LogP contribution in [0.15, 0.2) is 99.3 Å². The van der Waals surface area contributed by atoms with Crippen LogP contribution in [0, 0.1) is 66.4 Å². The van der Waals surface area contributed by atoms with Crippen LogP contribution < -0.4 is 15.5 Å². The average Bonchev–Trinajstić information content (AvgIpc) is 1.91. The molecule has 21 nitrogen and oxygen atoms in total. The number of nitrogens with one attached hydrogen (secondary N) is 2. The summed E-state index contributed by atoms with van der Waals surface area (Å²) in [5, 5.41) is 66.1. The van der Waals surface area contributed by atoms with Crippen molar-refractivity contribution in [2.75, 3.05) is 22.1 Å². The molecular weight excluding hydrogens is 1110 g/mol. The first-order valence-corrected chi connectivity index (χ1v) is 28.6. The van der Waals surface area contributed by atoms with Crippen molar-refractivity contribution in [1.82, 2.24) is 44.3 Å². The van der Waals surface area contributed by atoms with E-state index >= 15 is 0 Å². The number of aryl methyl sites for hydroxylation is 8. The summed E-state index contributed by atoms with van der Waals surface area (Å²) in [5.41, 5.74) is 10.3. The first kappa shape index (κ1) is 60.1. The Balaban J connectivity index is 1.19. The van der Waals surface area contributed by atoms with Gasteiger partial charge in [0, 0.05) is 36.8 Å². The molecule has 1 atom stereocenters. The first-order chi connectivity index (χ1) is 40.3. The maximum absolute atomic E-state index is 14.4. The summed E-state index contributed by atoms with van der Waals surface area (Å²) in [5.74, 6) is -0.245. The molecule has 1 amide bonds. The average molecular weight is 1180 g/mol. The van der Waals surface area contributed by atoms with Crippen molar-refractivity contribution in [1.29, 1.82) is 5.26 Å². The van der Waals surface area contributed by atoms with Gasteiger partial charge in [0.15, 0.2) is 17.5 Å². The maximum Gasteiger partial charge on any atom is 0.303 e. The predicted octanol–water partition coefficient (Wildman–Crippen LogP) is 15.6. The Bertz CT molecular complexity index is 4210. The van der Waals surface area contributed by atoms with Gasteiger partial charge < -0.3 is 25.2 Å². The van der Waals surface area contributed by atoms with Crippen molar-refractivity contribution in [3.8, 4) is 16.3 Å². The number of carboxylic acids is 1. The number of azo groups is 2. The molecule has 9 rings (SSSR count). The van der Waals surface area contributed by atoms with E-state index in [0.29, 0.717) is 63.5 Å². The van der Waals surface area contributed by atoms with Crippen molar-refractivity contribution >= 4 is 97.6 Å². The van der Waals surface area contributed by atoms with Crippen molar-refractivity contribution in [2.45, 2.75) is 120 Å². The Labute approximate surface area is 502 Å². The second kappa shape index (κ2) is 24.0. The van der Waals surface area contributed by atoms with Gasteiger partial charge in [0.2, 0.25) is 16.3 Å². The third-order valence-electron chi connectivity index (χ3n) is 14.1. The van der Waals surface area contributed by atoms with Crippen molar-refractivity contribution < 1.29 is 14.7 Å². The number of pyridine rings is 1. The standard InChI is InChI=1S/C62H65ClN18O3S/c1-33-27-35(3)47(36(4)28-33)69-54-48(37(5)31-45(68-54)79(26-20-25-46(82)83)51-38(6)29-34(2)30-39(51)7)70-72-55-40(32-64)52(61(8,9)10)76-80(55)59-74-75-60(85-59)81-57(49(65-14)53(77-81)62(11,12)13)73-71-50(58(84)67-42-22-17-16-21-41(42)63)56-66-43-23-18-19-24-44(43)78(56)15/h16-19,21-24,27-31,50H,20,25-26H2,1-13,15H3,(H,67,84)(H,68,69)(H,82,83). The van der Waals surface area contributed by atoms with Crippen LogP contribution >= 0.6 is 22.9 Å². The van der Waals surface area contributed by atoms with Crippen LogP contribution in [0.1, 0.15) is 122 Å². The van der Waals surface area contributed by atoms with E-state index in [9.17, 15) is 20.0 Å². The highest BCUT2D eigenvalue weighted by Gasteiger charge is 2.34. The highest BCUT2D eigenvalue weighted by Crippen LogP contribution is 2.44. The number of carbonyl (C=O) groups excluding carboxylic acids is 1. The van der Waals surface area contributed by atoms with E-state index in [-0.39, 0.29) is 45.4 Å². The number of aliphatic carboxylic acids is 1. The lowest BCUT2D eigenvalue weighted by Gasteiger charge is -2.29. The maximum atomic E-state index is 14.4. The van der Waals surface area contributed by atoms with Gasteiger partial charge in [-0.1, -0.05) is 124 Å². The molecule has 5 heterocycles. The Kier molecular flexibility index (Phi) is 17.0. The van der Waals surface area contributed by atoms with Crippen molar-refractivity contribution in [3.05, 3.63) is 157 Å². The lowest BCUT2D eigenvalue weighted by atomic mass is 9.90. The highest BCUT2D eigenvalue weighted by molar-refractivity contribution is 7.16. The zero-order valence-corrected chi connectivity index (χ0v) is 51.5. The number of fused-ring (bicyclic) bond motifs is 1. The molecule has 3 N–H and O–H groups in total. The second-order valence-electron chi connectivity index (χ2n) is 23.1. The minimum absolute atomic E-state index is 0.0240. The molecule has 0 bridgehead atoms. The Hall–Kier alpha value is -9.51. The lowest BCUT2D eigenvalue weighted by molar-refractivity contribution is -0.137. The Morgan fingerprint density at radius 3 is 2.00 bits per heavy atom. The van der Waals surface area contributed by atoms with Crippen LogP contribution in [0.25, 0.3) is 26.1 Å². The third kappa shape index (κ3) is 12.4. The summed E-state index contributed by atoms with van der Waals surface area (Å²) >= 11 is 7.55. The summed E-state index contributed by atoms with van der Waals surface area (Å²) in [6, 6.07) is 25.5. The fourth-order valence-electron chi connectivity index (χ4n) is 10.3. The number of aromatic nitrogens is 9. The quantitative estimate of drug-likeness (QED) is 0.0569. The molecule has 0 fully saturated rings. The molecule has 0 radical (unpaired) electrons. The van der Waals surface area contributed by atoms with E-state index in [1.54, 1.807) is 35.9 Å². The number of nitriles is 1. The van der Waals surface area contributed by atoms with Crippen LogP contribution in [0.2, 0.25) is 5.02 Å². The molecule has 0 saturated heterocycles. The molecule has 434 valence electrons. The van der Waals surface area contributed by atoms with E-state index in [1.807, 2.05) is 120 Å². The van der Waals surface area contributed by atoms with Gasteiger partial charge in [-0.3, -0.25) is 9.59 Å². The summed E-state index contributed by atoms with van der Waals surface area (Å²) in [6.45, 7) is 34.5. The molecule has 0 aliphatic carbocycles. The number of rotatable bonds is 17. The molecule has 85 heavy (non-hydrogen) atoms. The van der Waals surface area contributed by atoms with Gasteiger partial charge in [-0.15, -0.1) is 25.5 Å². The number of anilines is 5. The van der Waals surface area contributed by atoms with Gasteiger partial charge in [-0.2, -0.15) is 29.9 Å². The number of carboxylic acid groups (broad SMARTS) is 1.